The molecule has 1 aromatic carbocycles. The molecular weight excluding hydrogens is 216 g/mol. The molecule has 3 heteroatoms. The SMILES string of the molecule is COc1ccccc1C(CO)C1CCOCC1. The van der Waals surface area contributed by atoms with E-state index >= 15 is 0 Å². The van der Waals surface area contributed by atoms with Crippen LogP contribution in [0, 0.1) is 5.92 Å². The molecule has 1 saturated heterocycles. The van der Waals surface area contributed by atoms with Crippen LogP contribution >= 0.6 is 0 Å². The predicted octanol–water partition coefficient (Wildman–Crippen LogP) is 2.20. The Bertz CT molecular complexity index is 345. The quantitative estimate of drug-likeness (QED) is 0.871. The molecule has 0 bridgehead atoms. The van der Waals surface area contributed by atoms with Gasteiger partial charge in [0.2, 0.25) is 0 Å². The smallest absolute Gasteiger partial charge is 0.122 e. The second-order valence-electron chi connectivity index (χ2n) is 4.48. The van der Waals surface area contributed by atoms with Crippen molar-refractivity contribution in [2.75, 3.05) is 26.9 Å². The van der Waals surface area contributed by atoms with Crippen LogP contribution in [0.15, 0.2) is 24.3 Å². The summed E-state index contributed by atoms with van der Waals surface area (Å²) < 4.78 is 10.8. The lowest BCUT2D eigenvalue weighted by Gasteiger charge is -2.30. The van der Waals surface area contributed by atoms with Crippen molar-refractivity contribution in [3.05, 3.63) is 29.8 Å². The third-order valence-corrected chi connectivity index (χ3v) is 3.57. The maximum absolute atomic E-state index is 9.66. The molecule has 0 radical (unpaired) electrons. The van der Waals surface area contributed by atoms with Crippen molar-refractivity contribution in [1.82, 2.24) is 0 Å². The molecule has 1 N–H and O–H groups in total. The molecule has 2 rings (SSSR count). The Morgan fingerprint density at radius 1 is 1.35 bits per heavy atom. The van der Waals surface area contributed by atoms with Crippen molar-refractivity contribution in [2.24, 2.45) is 5.92 Å². The first-order valence-corrected chi connectivity index (χ1v) is 6.18. The van der Waals surface area contributed by atoms with Gasteiger partial charge in [0, 0.05) is 19.1 Å². The van der Waals surface area contributed by atoms with E-state index in [-0.39, 0.29) is 12.5 Å². The van der Waals surface area contributed by atoms with Crippen LogP contribution in [0.2, 0.25) is 0 Å². The third kappa shape index (κ3) is 2.79. The molecule has 0 aliphatic carbocycles. The molecule has 1 unspecified atom stereocenters. The van der Waals surface area contributed by atoms with Crippen LogP contribution in [-0.4, -0.2) is 32.0 Å². The van der Waals surface area contributed by atoms with Crippen LogP contribution < -0.4 is 4.74 Å². The summed E-state index contributed by atoms with van der Waals surface area (Å²) in [5.41, 5.74) is 1.12. The zero-order chi connectivity index (χ0) is 12.1. The summed E-state index contributed by atoms with van der Waals surface area (Å²) in [5, 5.41) is 9.66. The van der Waals surface area contributed by atoms with Gasteiger partial charge in [-0.25, -0.2) is 0 Å². The average Bonchev–Trinajstić information content (AvgIpc) is 2.41. The van der Waals surface area contributed by atoms with E-state index < -0.39 is 0 Å². The fourth-order valence-electron chi connectivity index (χ4n) is 2.59. The molecule has 17 heavy (non-hydrogen) atoms. The summed E-state index contributed by atoms with van der Waals surface area (Å²) in [4.78, 5) is 0. The maximum Gasteiger partial charge on any atom is 0.122 e. The average molecular weight is 236 g/mol. The van der Waals surface area contributed by atoms with Gasteiger partial charge >= 0.3 is 0 Å². The van der Waals surface area contributed by atoms with E-state index in [1.807, 2.05) is 18.2 Å². The van der Waals surface area contributed by atoms with Gasteiger partial charge in [-0.05, 0) is 30.4 Å². The Hall–Kier alpha value is -1.06. The number of rotatable bonds is 4. The van der Waals surface area contributed by atoms with Gasteiger partial charge < -0.3 is 14.6 Å². The summed E-state index contributed by atoms with van der Waals surface area (Å²) in [6.07, 6.45) is 2.03. The van der Waals surface area contributed by atoms with Gasteiger partial charge in [0.15, 0.2) is 0 Å². The van der Waals surface area contributed by atoms with Crippen molar-refractivity contribution < 1.29 is 14.6 Å². The molecule has 1 heterocycles. The van der Waals surface area contributed by atoms with Gasteiger partial charge in [0.1, 0.15) is 5.75 Å². The van der Waals surface area contributed by atoms with Crippen molar-refractivity contribution >= 4 is 0 Å². The van der Waals surface area contributed by atoms with E-state index in [1.165, 1.54) is 0 Å². The molecule has 0 aromatic heterocycles. The fraction of sp³-hybridized carbons (Fsp3) is 0.571. The van der Waals surface area contributed by atoms with Gasteiger partial charge in [-0.2, -0.15) is 0 Å². The predicted molar refractivity (Wildman–Crippen MR) is 66.4 cm³/mol. The molecule has 1 fully saturated rings. The number of hydrogen-bond donors (Lipinski definition) is 1. The molecule has 1 aliphatic heterocycles. The Morgan fingerprint density at radius 2 is 2.06 bits per heavy atom. The second kappa shape index (κ2) is 6.03. The molecular formula is C14H20O3. The normalized spacial score (nSPS) is 18.9. The fourth-order valence-corrected chi connectivity index (χ4v) is 2.59. The van der Waals surface area contributed by atoms with E-state index in [1.54, 1.807) is 7.11 Å². The Labute approximate surface area is 102 Å². The summed E-state index contributed by atoms with van der Waals surface area (Å²) >= 11 is 0. The minimum absolute atomic E-state index is 0.162. The van der Waals surface area contributed by atoms with Crippen molar-refractivity contribution in [2.45, 2.75) is 18.8 Å². The lowest BCUT2D eigenvalue weighted by molar-refractivity contribution is 0.0489. The number of aliphatic hydroxyl groups is 1. The molecule has 1 atom stereocenters. The van der Waals surface area contributed by atoms with Crippen LogP contribution in [0.3, 0.4) is 0 Å². The number of aliphatic hydroxyl groups excluding tert-OH is 1. The van der Waals surface area contributed by atoms with Gasteiger partial charge in [-0.15, -0.1) is 0 Å². The topological polar surface area (TPSA) is 38.7 Å². The summed E-state index contributed by atoms with van der Waals surface area (Å²) in [5.74, 6) is 1.53. The third-order valence-electron chi connectivity index (χ3n) is 3.57. The summed E-state index contributed by atoms with van der Waals surface area (Å²) in [6.45, 7) is 1.78. The van der Waals surface area contributed by atoms with Gasteiger partial charge in [0.05, 0.1) is 13.7 Å². The van der Waals surface area contributed by atoms with E-state index in [9.17, 15) is 5.11 Å². The maximum atomic E-state index is 9.66. The number of methoxy groups -OCH3 is 1. The highest BCUT2D eigenvalue weighted by atomic mass is 16.5. The van der Waals surface area contributed by atoms with Gasteiger partial charge in [0.25, 0.3) is 0 Å². The molecule has 1 aliphatic rings. The van der Waals surface area contributed by atoms with Gasteiger partial charge in [-0.1, -0.05) is 18.2 Å². The van der Waals surface area contributed by atoms with Crippen LogP contribution in [-0.2, 0) is 4.74 Å². The van der Waals surface area contributed by atoms with E-state index in [0.29, 0.717) is 5.92 Å². The van der Waals surface area contributed by atoms with E-state index in [0.717, 1.165) is 37.4 Å². The number of hydrogen-bond acceptors (Lipinski definition) is 3. The highest BCUT2D eigenvalue weighted by Gasteiger charge is 2.26. The van der Waals surface area contributed by atoms with Crippen molar-refractivity contribution in [3.8, 4) is 5.75 Å². The van der Waals surface area contributed by atoms with Crippen LogP contribution in [0.25, 0.3) is 0 Å². The summed E-state index contributed by atoms with van der Waals surface area (Å²) in [6, 6.07) is 7.97. The minimum Gasteiger partial charge on any atom is -0.496 e. The van der Waals surface area contributed by atoms with Crippen molar-refractivity contribution in [3.63, 3.8) is 0 Å². The lowest BCUT2D eigenvalue weighted by atomic mass is 9.81. The molecule has 3 nitrogen and oxygen atoms in total. The van der Waals surface area contributed by atoms with Gasteiger partial charge in [-0.3, -0.25) is 0 Å². The second-order valence-corrected chi connectivity index (χ2v) is 4.48. The minimum atomic E-state index is 0.162. The zero-order valence-electron chi connectivity index (χ0n) is 10.3. The Morgan fingerprint density at radius 3 is 2.71 bits per heavy atom. The van der Waals surface area contributed by atoms with Crippen molar-refractivity contribution in [1.29, 1.82) is 0 Å². The highest BCUT2D eigenvalue weighted by Crippen LogP contribution is 2.36. The largest absolute Gasteiger partial charge is 0.496 e. The Balaban J connectivity index is 2.21. The molecule has 0 saturated carbocycles. The van der Waals surface area contributed by atoms with Crippen LogP contribution in [0.4, 0.5) is 0 Å². The number of benzene rings is 1. The Kier molecular flexibility index (Phi) is 4.40. The molecule has 94 valence electrons. The van der Waals surface area contributed by atoms with E-state index in [2.05, 4.69) is 6.07 Å². The molecule has 1 aromatic rings. The number of para-hydroxylation sites is 1. The molecule has 0 spiro atoms. The monoisotopic (exact) mass is 236 g/mol. The number of ether oxygens (including phenoxy) is 2. The van der Waals surface area contributed by atoms with Crippen LogP contribution in [0.1, 0.15) is 24.3 Å². The summed E-state index contributed by atoms with van der Waals surface area (Å²) in [7, 11) is 1.68. The standard InChI is InChI=1S/C14H20O3/c1-16-14-5-3-2-4-12(14)13(10-15)11-6-8-17-9-7-11/h2-5,11,13,15H,6-10H2,1H3. The first-order chi connectivity index (χ1) is 8.36. The van der Waals surface area contributed by atoms with E-state index in [4.69, 9.17) is 9.47 Å². The first-order valence-electron chi connectivity index (χ1n) is 6.18. The lowest BCUT2D eigenvalue weighted by Crippen LogP contribution is -2.24. The first kappa shape index (κ1) is 12.4. The zero-order valence-corrected chi connectivity index (χ0v) is 10.3. The highest BCUT2D eigenvalue weighted by molar-refractivity contribution is 5.36. The molecule has 0 amide bonds. The van der Waals surface area contributed by atoms with Crippen LogP contribution in [0.5, 0.6) is 5.75 Å².